The number of benzene rings is 2. The smallest absolute Gasteiger partial charge is 0.416 e. The first-order chi connectivity index (χ1) is 15.5. The van der Waals surface area contributed by atoms with Gasteiger partial charge in [-0.05, 0) is 71.9 Å². The van der Waals surface area contributed by atoms with E-state index in [-0.39, 0.29) is 30.1 Å². The van der Waals surface area contributed by atoms with Gasteiger partial charge in [0, 0.05) is 24.2 Å². The van der Waals surface area contributed by atoms with Gasteiger partial charge in [0.15, 0.2) is 10.9 Å². The molecule has 0 saturated carbocycles. The summed E-state index contributed by atoms with van der Waals surface area (Å²) in [6, 6.07) is 9.76. The fraction of sp³-hybridized carbons (Fsp3) is 0.318. The molecule has 4 N–H and O–H groups in total. The fourth-order valence-electron chi connectivity index (χ4n) is 3.86. The van der Waals surface area contributed by atoms with Crippen molar-refractivity contribution >= 4 is 28.9 Å². The Bertz CT molecular complexity index is 1050. The highest BCUT2D eigenvalue weighted by Gasteiger charge is 2.37. The van der Waals surface area contributed by atoms with Gasteiger partial charge in [-0.1, -0.05) is 6.07 Å². The number of piperidine rings is 1. The van der Waals surface area contributed by atoms with Gasteiger partial charge in [-0.25, -0.2) is 0 Å². The van der Waals surface area contributed by atoms with E-state index in [9.17, 15) is 27.3 Å². The maximum atomic E-state index is 13.7. The summed E-state index contributed by atoms with van der Waals surface area (Å²) in [5.74, 6) is -2.21. The van der Waals surface area contributed by atoms with Crippen molar-refractivity contribution in [3.8, 4) is 0 Å². The highest BCUT2D eigenvalue weighted by molar-refractivity contribution is 7.90. The number of nitrogens with one attached hydrogen (secondary N) is 2. The van der Waals surface area contributed by atoms with E-state index in [1.54, 1.807) is 35.4 Å². The Hall–Kier alpha value is -3.05. The molecular weight excluding hydrogens is 457 g/mol. The number of carbonyl (C=O) groups is 2. The van der Waals surface area contributed by atoms with E-state index in [1.165, 1.54) is 12.1 Å². The normalized spacial score (nSPS) is 15.7. The molecule has 3 rings (SSSR count). The predicted octanol–water partition coefficient (Wildman–Crippen LogP) is 3.09. The lowest BCUT2D eigenvalue weighted by atomic mass is 9.85. The second-order valence-corrected chi connectivity index (χ2v) is 9.09. The molecule has 2 aromatic carbocycles. The van der Waals surface area contributed by atoms with E-state index < -0.39 is 40.7 Å². The molecule has 2 amide bonds. The third-order valence-electron chi connectivity index (χ3n) is 5.52. The van der Waals surface area contributed by atoms with Gasteiger partial charge in [0.25, 0.3) is 11.8 Å². The van der Waals surface area contributed by atoms with Crippen molar-refractivity contribution in [1.82, 2.24) is 10.2 Å². The summed E-state index contributed by atoms with van der Waals surface area (Å²) in [5.41, 5.74) is 4.43. The van der Waals surface area contributed by atoms with Gasteiger partial charge < -0.3 is 15.2 Å². The summed E-state index contributed by atoms with van der Waals surface area (Å²) in [6.45, 7) is 0.573. The van der Waals surface area contributed by atoms with E-state index in [0.29, 0.717) is 23.3 Å². The van der Waals surface area contributed by atoms with Crippen molar-refractivity contribution in [2.45, 2.75) is 29.8 Å². The third-order valence-corrected chi connectivity index (χ3v) is 6.46. The number of alkyl halides is 3. The van der Waals surface area contributed by atoms with Crippen LogP contribution in [0.1, 0.15) is 50.6 Å². The van der Waals surface area contributed by atoms with Crippen molar-refractivity contribution in [3.63, 3.8) is 0 Å². The van der Waals surface area contributed by atoms with Crippen LogP contribution in [0, 0.1) is 5.41 Å². The maximum Gasteiger partial charge on any atom is 0.416 e. The second kappa shape index (κ2) is 9.84. The molecule has 0 spiro atoms. The van der Waals surface area contributed by atoms with Gasteiger partial charge in [0.1, 0.15) is 6.26 Å². The number of guanidine groups is 1. The first-order valence-electron chi connectivity index (χ1n) is 10.1. The van der Waals surface area contributed by atoms with Crippen LogP contribution in [0.4, 0.5) is 13.2 Å². The Morgan fingerprint density at radius 2 is 1.70 bits per heavy atom. The molecule has 1 heterocycles. The number of amides is 2. The minimum Gasteiger partial charge on any atom is -0.612 e. The van der Waals surface area contributed by atoms with Crippen LogP contribution in [-0.2, 0) is 17.4 Å². The van der Waals surface area contributed by atoms with Gasteiger partial charge in [0.2, 0.25) is 0 Å². The van der Waals surface area contributed by atoms with Gasteiger partial charge >= 0.3 is 6.18 Å². The molecule has 33 heavy (non-hydrogen) atoms. The highest BCUT2D eigenvalue weighted by Crippen LogP contribution is 2.39. The van der Waals surface area contributed by atoms with Crippen LogP contribution in [0.5, 0.6) is 0 Å². The number of rotatable bonds is 4. The Kier molecular flexibility index (Phi) is 7.33. The summed E-state index contributed by atoms with van der Waals surface area (Å²) >= 11 is -1.16. The molecule has 2 aromatic rings. The van der Waals surface area contributed by atoms with Crippen LogP contribution < -0.4 is 11.1 Å². The average Bonchev–Trinajstić information content (AvgIpc) is 2.77. The lowest BCUT2D eigenvalue weighted by Gasteiger charge is -2.33. The largest absolute Gasteiger partial charge is 0.612 e. The SMILES string of the molecule is C[S+]([O-])c1ccc(C(=O)N2CCC(c3ccc(C(=O)NC(=N)N)cc3C(F)(F)F)CC2)cc1. The molecule has 0 bridgehead atoms. The number of hydrogen-bond acceptors (Lipinski definition) is 4. The lowest BCUT2D eigenvalue weighted by Crippen LogP contribution is -2.38. The fourth-order valence-corrected chi connectivity index (χ4v) is 4.38. The van der Waals surface area contributed by atoms with E-state index in [4.69, 9.17) is 11.1 Å². The zero-order chi connectivity index (χ0) is 24.3. The molecule has 7 nitrogen and oxygen atoms in total. The highest BCUT2D eigenvalue weighted by atomic mass is 32.2. The summed E-state index contributed by atoms with van der Waals surface area (Å²) in [5, 5.41) is 9.05. The summed E-state index contributed by atoms with van der Waals surface area (Å²) in [6.07, 6.45) is -2.45. The number of nitrogens with two attached hydrogens (primary N) is 1. The minimum absolute atomic E-state index is 0.0729. The number of carbonyl (C=O) groups excluding carboxylic acids is 2. The third kappa shape index (κ3) is 5.85. The Morgan fingerprint density at radius 3 is 2.21 bits per heavy atom. The van der Waals surface area contributed by atoms with E-state index in [1.807, 2.05) is 5.32 Å². The number of halogens is 3. The molecule has 11 heteroatoms. The van der Waals surface area contributed by atoms with Crippen molar-refractivity contribution in [1.29, 1.82) is 5.41 Å². The molecule has 1 atom stereocenters. The zero-order valence-corrected chi connectivity index (χ0v) is 18.6. The van der Waals surface area contributed by atoms with Gasteiger partial charge in [-0.15, -0.1) is 0 Å². The molecule has 176 valence electrons. The number of hydrogen-bond donors (Lipinski definition) is 3. The van der Waals surface area contributed by atoms with Crippen molar-refractivity contribution in [2.75, 3.05) is 19.3 Å². The number of nitrogens with zero attached hydrogens (tertiary/aromatic N) is 1. The molecule has 1 aliphatic rings. The van der Waals surface area contributed by atoms with Crippen LogP contribution in [0.2, 0.25) is 0 Å². The Morgan fingerprint density at radius 1 is 1.12 bits per heavy atom. The molecule has 1 aliphatic heterocycles. The van der Waals surface area contributed by atoms with Crippen LogP contribution >= 0.6 is 0 Å². The second-order valence-electron chi connectivity index (χ2n) is 7.71. The molecule has 0 aromatic heterocycles. The van der Waals surface area contributed by atoms with Gasteiger partial charge in [-0.3, -0.25) is 20.3 Å². The Labute approximate surface area is 191 Å². The van der Waals surface area contributed by atoms with E-state index in [0.717, 1.165) is 6.07 Å². The standard InChI is InChI=1S/C22H23F3N4O3S/c1-33(32)16-5-2-14(3-6-16)20(31)29-10-8-13(9-11-29)17-7-4-15(19(30)28-21(26)27)12-18(17)22(23,24)25/h2-7,12-13H,8-11H2,1H3,(H4,26,27,28,30). The van der Waals surface area contributed by atoms with Crippen LogP contribution in [0.15, 0.2) is 47.4 Å². The Balaban J connectivity index is 1.74. The molecule has 1 saturated heterocycles. The van der Waals surface area contributed by atoms with Crippen molar-refractivity contribution in [3.05, 3.63) is 64.7 Å². The lowest BCUT2D eigenvalue weighted by molar-refractivity contribution is -0.138. The summed E-state index contributed by atoms with van der Waals surface area (Å²) < 4.78 is 52.7. The van der Waals surface area contributed by atoms with Crippen LogP contribution in [0.25, 0.3) is 0 Å². The molecule has 1 fully saturated rings. The quantitative estimate of drug-likeness (QED) is 0.354. The average molecular weight is 481 g/mol. The first-order valence-corrected chi connectivity index (χ1v) is 11.6. The predicted molar refractivity (Wildman–Crippen MR) is 117 cm³/mol. The molecule has 1 unspecified atom stereocenters. The summed E-state index contributed by atoms with van der Waals surface area (Å²) in [7, 11) is 0. The van der Waals surface area contributed by atoms with Crippen LogP contribution in [0.3, 0.4) is 0 Å². The maximum absolute atomic E-state index is 13.7. The van der Waals surface area contributed by atoms with E-state index in [2.05, 4.69) is 0 Å². The zero-order valence-electron chi connectivity index (χ0n) is 17.7. The number of likely N-dealkylation sites (tertiary alicyclic amines) is 1. The van der Waals surface area contributed by atoms with E-state index >= 15 is 0 Å². The first kappa shape index (κ1) is 24.6. The minimum atomic E-state index is -4.67. The van der Waals surface area contributed by atoms with Gasteiger partial charge in [0.05, 0.1) is 5.56 Å². The van der Waals surface area contributed by atoms with Crippen molar-refractivity contribution < 1.29 is 27.3 Å². The molecular formula is C22H23F3N4O3S. The molecule has 0 aliphatic carbocycles. The van der Waals surface area contributed by atoms with Gasteiger partial charge in [-0.2, -0.15) is 13.2 Å². The topological polar surface area (TPSA) is 122 Å². The molecule has 0 radical (unpaired) electrons. The summed E-state index contributed by atoms with van der Waals surface area (Å²) in [4.78, 5) is 26.9. The van der Waals surface area contributed by atoms with Crippen molar-refractivity contribution in [2.24, 2.45) is 5.73 Å². The monoisotopic (exact) mass is 480 g/mol. The van der Waals surface area contributed by atoms with Crippen LogP contribution in [-0.4, -0.2) is 46.6 Å².